The van der Waals surface area contributed by atoms with Gasteiger partial charge in [-0.3, -0.25) is 5.41 Å². The summed E-state index contributed by atoms with van der Waals surface area (Å²) in [5.74, 6) is 2.84. The molecule has 2 aliphatic heterocycles. The normalized spacial score (nSPS) is 15.0. The molecule has 31 heavy (non-hydrogen) atoms. The zero-order valence-electron chi connectivity index (χ0n) is 16.8. The van der Waals surface area contributed by atoms with E-state index in [9.17, 15) is 5.11 Å². The number of ether oxygens (including phenoxy) is 4. The average Bonchev–Trinajstić information content (AvgIpc) is 3.51. The maximum atomic E-state index is 10.6. The van der Waals surface area contributed by atoms with Crippen LogP contribution in [-0.2, 0) is 0 Å². The van der Waals surface area contributed by atoms with Crippen LogP contribution >= 0.6 is 11.3 Å². The van der Waals surface area contributed by atoms with Crippen LogP contribution in [0.4, 0.5) is 5.69 Å². The van der Waals surface area contributed by atoms with Gasteiger partial charge in [-0.25, -0.2) is 4.98 Å². The molecule has 0 saturated carbocycles. The van der Waals surface area contributed by atoms with E-state index in [1.54, 1.807) is 25.2 Å². The molecule has 158 valence electrons. The fraction of sp³-hybridized carbons (Fsp3) is 0.182. The molecule has 3 aromatic rings. The second kappa shape index (κ2) is 7.51. The van der Waals surface area contributed by atoms with Crippen LogP contribution in [0.3, 0.4) is 0 Å². The first kappa shape index (κ1) is 19.3. The monoisotopic (exact) mass is 437 g/mol. The van der Waals surface area contributed by atoms with Gasteiger partial charge >= 0.3 is 0 Å². The molecule has 0 atom stereocenters. The van der Waals surface area contributed by atoms with E-state index in [0.717, 1.165) is 16.9 Å². The minimum Gasteiger partial charge on any atom is -0.510 e. The number of thiazole rings is 1. The van der Waals surface area contributed by atoms with E-state index in [0.29, 0.717) is 33.6 Å². The highest BCUT2D eigenvalue weighted by Gasteiger charge is 2.32. The van der Waals surface area contributed by atoms with Gasteiger partial charge in [-0.2, -0.15) is 0 Å². The molecule has 0 radical (unpaired) electrons. The fourth-order valence-electron chi connectivity index (χ4n) is 3.59. The number of hydrogen-bond acceptors (Lipinski definition) is 8. The number of nitrogens with one attached hydrogen (secondary N) is 1. The summed E-state index contributed by atoms with van der Waals surface area (Å²) in [5, 5.41) is 21.8. The van der Waals surface area contributed by atoms with Gasteiger partial charge in [0, 0.05) is 22.7 Å². The highest BCUT2D eigenvalue weighted by Crippen LogP contribution is 2.40. The van der Waals surface area contributed by atoms with Gasteiger partial charge in [0.2, 0.25) is 6.79 Å². The maximum absolute atomic E-state index is 10.6. The van der Waals surface area contributed by atoms with Crippen LogP contribution in [0.2, 0.25) is 0 Å². The number of aliphatic hydroxyl groups excluding tert-OH is 1. The summed E-state index contributed by atoms with van der Waals surface area (Å²) in [5.41, 5.74) is 2.76. The second-order valence-electron chi connectivity index (χ2n) is 6.90. The molecule has 8 nitrogen and oxygen atoms in total. The Balaban J connectivity index is 1.43. The number of anilines is 1. The van der Waals surface area contributed by atoms with Gasteiger partial charge in [0.1, 0.15) is 16.6 Å². The molecule has 0 amide bonds. The second-order valence-corrected chi connectivity index (χ2v) is 7.76. The third kappa shape index (κ3) is 3.23. The third-order valence-corrected chi connectivity index (χ3v) is 6.03. The summed E-state index contributed by atoms with van der Waals surface area (Å²) in [6, 6.07) is 11.0. The maximum Gasteiger partial charge on any atom is 0.231 e. The molecule has 2 aliphatic rings. The molecule has 0 spiro atoms. The standard InChI is InChI=1S/C22H19N3O5S/c1-27-16-5-3-12(7-18(16)28-2)14-10-31-22(24-14)20-15(26)9-25(21(20)23)13-4-6-17-19(8-13)30-11-29-17/h3-8,10,23,26H,9,11H2,1-2H3. The Morgan fingerprint density at radius 3 is 2.68 bits per heavy atom. The molecular weight excluding hydrogens is 418 g/mol. The van der Waals surface area contributed by atoms with Gasteiger partial charge in [0.25, 0.3) is 0 Å². The Kier molecular flexibility index (Phi) is 4.67. The third-order valence-electron chi connectivity index (χ3n) is 5.17. The fourth-order valence-corrected chi connectivity index (χ4v) is 4.49. The first-order chi connectivity index (χ1) is 15.1. The van der Waals surface area contributed by atoms with Crippen LogP contribution in [0.25, 0.3) is 16.8 Å². The Morgan fingerprint density at radius 1 is 1.06 bits per heavy atom. The van der Waals surface area contributed by atoms with Crippen molar-refractivity contribution in [1.82, 2.24) is 4.98 Å². The number of amidine groups is 1. The average molecular weight is 437 g/mol. The molecule has 1 aromatic heterocycles. The minimum atomic E-state index is 0.107. The van der Waals surface area contributed by atoms with Gasteiger partial charge in [0.15, 0.2) is 23.0 Å². The summed E-state index contributed by atoms with van der Waals surface area (Å²) >= 11 is 1.38. The Morgan fingerprint density at radius 2 is 1.87 bits per heavy atom. The number of aromatic nitrogens is 1. The summed E-state index contributed by atoms with van der Waals surface area (Å²) < 4.78 is 21.5. The SMILES string of the molecule is COc1ccc(-c2csc(C3=C(O)CN(c4ccc5c(c4)OCO5)C3=N)n2)cc1OC. The van der Waals surface area contributed by atoms with E-state index in [1.165, 1.54) is 11.3 Å². The van der Waals surface area contributed by atoms with E-state index in [4.69, 9.17) is 24.4 Å². The zero-order valence-corrected chi connectivity index (χ0v) is 17.7. The highest BCUT2D eigenvalue weighted by atomic mass is 32.1. The first-order valence-electron chi connectivity index (χ1n) is 9.45. The smallest absolute Gasteiger partial charge is 0.231 e. The zero-order chi connectivity index (χ0) is 21.5. The highest BCUT2D eigenvalue weighted by molar-refractivity contribution is 7.11. The van der Waals surface area contributed by atoms with Crippen LogP contribution in [0.1, 0.15) is 5.01 Å². The van der Waals surface area contributed by atoms with Crippen molar-refractivity contribution in [2.24, 2.45) is 0 Å². The van der Waals surface area contributed by atoms with Crippen LogP contribution in [-0.4, -0.2) is 43.5 Å². The number of methoxy groups -OCH3 is 2. The summed E-state index contributed by atoms with van der Waals surface area (Å²) in [4.78, 5) is 6.38. The molecular formula is C22H19N3O5S. The molecule has 0 fully saturated rings. The first-order valence-corrected chi connectivity index (χ1v) is 10.3. The lowest BCUT2D eigenvalue weighted by molar-refractivity contribution is 0.174. The van der Waals surface area contributed by atoms with Crippen molar-refractivity contribution in [2.45, 2.75) is 0 Å². The molecule has 0 unspecified atom stereocenters. The molecule has 9 heteroatoms. The molecule has 0 aliphatic carbocycles. The van der Waals surface area contributed by atoms with Gasteiger partial charge < -0.3 is 29.0 Å². The number of hydrogen-bond donors (Lipinski definition) is 2. The van der Waals surface area contributed by atoms with Gasteiger partial charge in [0.05, 0.1) is 32.0 Å². The van der Waals surface area contributed by atoms with Crippen LogP contribution in [0.5, 0.6) is 23.0 Å². The summed E-state index contributed by atoms with van der Waals surface area (Å²) in [6.07, 6.45) is 0. The molecule has 0 bridgehead atoms. The largest absolute Gasteiger partial charge is 0.510 e. The lowest BCUT2D eigenvalue weighted by Gasteiger charge is -2.18. The predicted molar refractivity (Wildman–Crippen MR) is 118 cm³/mol. The Labute approximate surface area is 182 Å². The van der Waals surface area contributed by atoms with E-state index in [1.807, 2.05) is 35.7 Å². The number of benzene rings is 2. The van der Waals surface area contributed by atoms with Gasteiger partial charge in [-0.1, -0.05) is 0 Å². The molecule has 3 heterocycles. The van der Waals surface area contributed by atoms with Crippen molar-refractivity contribution in [3.05, 3.63) is 52.5 Å². The van der Waals surface area contributed by atoms with Gasteiger partial charge in [-0.05, 0) is 30.3 Å². The molecule has 2 aromatic carbocycles. The lowest BCUT2D eigenvalue weighted by Crippen LogP contribution is -2.25. The van der Waals surface area contributed by atoms with Gasteiger partial charge in [-0.15, -0.1) is 11.3 Å². The van der Waals surface area contributed by atoms with Crippen molar-refractivity contribution in [3.63, 3.8) is 0 Å². The van der Waals surface area contributed by atoms with E-state index < -0.39 is 0 Å². The quantitative estimate of drug-likeness (QED) is 0.613. The van der Waals surface area contributed by atoms with Crippen LogP contribution in [0, 0.1) is 5.41 Å². The van der Waals surface area contributed by atoms with Crippen molar-refractivity contribution in [1.29, 1.82) is 5.41 Å². The Bertz CT molecular complexity index is 1220. The van der Waals surface area contributed by atoms with E-state index in [-0.39, 0.29) is 24.9 Å². The number of aliphatic hydroxyl groups is 1. The predicted octanol–water partition coefficient (Wildman–Crippen LogP) is 4.32. The van der Waals surface area contributed by atoms with Crippen molar-refractivity contribution in [2.75, 3.05) is 32.5 Å². The number of rotatable bonds is 5. The van der Waals surface area contributed by atoms with Crippen molar-refractivity contribution in [3.8, 4) is 34.3 Å². The minimum absolute atomic E-state index is 0.107. The summed E-state index contributed by atoms with van der Waals surface area (Å²) in [7, 11) is 3.17. The topological polar surface area (TPSA) is 97.1 Å². The molecule has 5 rings (SSSR count). The molecule has 0 saturated heterocycles. The van der Waals surface area contributed by atoms with E-state index >= 15 is 0 Å². The van der Waals surface area contributed by atoms with Crippen molar-refractivity contribution >= 4 is 28.4 Å². The summed E-state index contributed by atoms with van der Waals surface area (Å²) in [6.45, 7) is 0.377. The Hall–Kier alpha value is -3.72. The number of fused-ring (bicyclic) bond motifs is 1. The van der Waals surface area contributed by atoms with Crippen molar-refractivity contribution < 1.29 is 24.1 Å². The number of nitrogens with zero attached hydrogens (tertiary/aromatic N) is 2. The van der Waals surface area contributed by atoms with E-state index in [2.05, 4.69) is 4.98 Å². The van der Waals surface area contributed by atoms with Crippen LogP contribution in [0.15, 0.2) is 47.5 Å². The lowest BCUT2D eigenvalue weighted by atomic mass is 10.1. The van der Waals surface area contributed by atoms with Crippen LogP contribution < -0.4 is 23.8 Å². The molecule has 2 N–H and O–H groups in total.